The van der Waals surface area contributed by atoms with Crippen molar-refractivity contribution in [3.63, 3.8) is 0 Å². The van der Waals surface area contributed by atoms with Crippen molar-refractivity contribution >= 4 is 5.78 Å². The Morgan fingerprint density at radius 3 is 2.37 bits per heavy atom. The van der Waals surface area contributed by atoms with Gasteiger partial charge in [0.2, 0.25) is 0 Å². The van der Waals surface area contributed by atoms with Crippen LogP contribution < -0.4 is 14.2 Å². The summed E-state index contributed by atoms with van der Waals surface area (Å²) >= 11 is 0. The smallest absolute Gasteiger partial charge is 0.160 e. The van der Waals surface area contributed by atoms with E-state index in [-0.39, 0.29) is 5.92 Å². The van der Waals surface area contributed by atoms with Gasteiger partial charge in [0.05, 0.1) is 21.3 Å². The lowest BCUT2D eigenvalue weighted by atomic mass is 9.75. The quantitative estimate of drug-likeness (QED) is 0.740. The number of aryl methyl sites for hydroxylation is 1. The van der Waals surface area contributed by atoms with Crippen molar-refractivity contribution in [2.75, 3.05) is 21.3 Å². The molecule has 0 radical (unpaired) electrons. The zero-order valence-electron chi connectivity index (χ0n) is 16.6. The first-order chi connectivity index (χ1) is 13.0. The molecule has 2 atom stereocenters. The van der Waals surface area contributed by atoms with Gasteiger partial charge < -0.3 is 14.2 Å². The van der Waals surface area contributed by atoms with E-state index < -0.39 is 0 Å². The molecule has 0 spiro atoms. The third kappa shape index (κ3) is 4.26. The number of carbonyl (C=O) groups is 1. The molecule has 27 heavy (non-hydrogen) atoms. The van der Waals surface area contributed by atoms with E-state index in [2.05, 4.69) is 24.3 Å². The van der Waals surface area contributed by atoms with Gasteiger partial charge in [0, 0.05) is 12.3 Å². The van der Waals surface area contributed by atoms with E-state index in [9.17, 15) is 4.79 Å². The van der Waals surface area contributed by atoms with Crippen molar-refractivity contribution in [3.05, 3.63) is 53.1 Å². The van der Waals surface area contributed by atoms with E-state index in [1.807, 2.05) is 19.1 Å². The summed E-state index contributed by atoms with van der Waals surface area (Å²) in [6.45, 7) is 2.03. The summed E-state index contributed by atoms with van der Waals surface area (Å²) in [6, 6.07) is 12.3. The molecule has 1 saturated carbocycles. The summed E-state index contributed by atoms with van der Waals surface area (Å²) < 4.78 is 16.2. The highest BCUT2D eigenvalue weighted by Crippen LogP contribution is 2.39. The Morgan fingerprint density at radius 1 is 0.926 bits per heavy atom. The second-order valence-electron chi connectivity index (χ2n) is 7.26. The van der Waals surface area contributed by atoms with Crippen LogP contribution in [0.25, 0.3) is 0 Å². The van der Waals surface area contributed by atoms with Crippen molar-refractivity contribution in [2.24, 2.45) is 5.92 Å². The topological polar surface area (TPSA) is 44.8 Å². The number of methoxy groups -OCH3 is 3. The lowest BCUT2D eigenvalue weighted by molar-refractivity contribution is -0.124. The zero-order chi connectivity index (χ0) is 19.4. The molecule has 2 aromatic carbocycles. The maximum atomic E-state index is 12.5. The number of carbonyl (C=O) groups excluding carboxylic acids is 1. The fraction of sp³-hybridized carbons (Fsp3) is 0.435. The van der Waals surface area contributed by atoms with Gasteiger partial charge >= 0.3 is 0 Å². The van der Waals surface area contributed by atoms with Crippen molar-refractivity contribution in [1.29, 1.82) is 0 Å². The molecule has 4 heteroatoms. The van der Waals surface area contributed by atoms with Crippen molar-refractivity contribution in [1.82, 2.24) is 0 Å². The molecule has 1 aliphatic rings. The van der Waals surface area contributed by atoms with Crippen LogP contribution in [0.5, 0.6) is 17.2 Å². The lowest BCUT2D eigenvalue weighted by Crippen LogP contribution is -2.25. The third-order valence-electron chi connectivity index (χ3n) is 5.60. The molecule has 0 N–H and O–H groups in total. The second-order valence-corrected chi connectivity index (χ2v) is 7.26. The molecule has 0 aromatic heterocycles. The number of hydrogen-bond donors (Lipinski definition) is 0. The highest BCUT2D eigenvalue weighted by atomic mass is 16.5. The maximum absolute atomic E-state index is 12.5. The van der Waals surface area contributed by atoms with Crippen LogP contribution in [-0.4, -0.2) is 27.1 Å². The molecule has 144 valence electrons. The molecular weight excluding hydrogens is 340 g/mol. The maximum Gasteiger partial charge on any atom is 0.160 e. The Labute approximate surface area is 161 Å². The van der Waals surface area contributed by atoms with Gasteiger partial charge in [-0.25, -0.2) is 0 Å². The van der Waals surface area contributed by atoms with Crippen molar-refractivity contribution in [2.45, 2.75) is 38.5 Å². The molecule has 1 fully saturated rings. The van der Waals surface area contributed by atoms with E-state index in [1.54, 1.807) is 21.3 Å². The van der Waals surface area contributed by atoms with E-state index in [0.717, 1.165) is 47.6 Å². The molecular formula is C23H28O4. The van der Waals surface area contributed by atoms with Crippen LogP contribution in [0.4, 0.5) is 0 Å². The zero-order valence-corrected chi connectivity index (χ0v) is 16.6. The van der Waals surface area contributed by atoms with Crippen LogP contribution >= 0.6 is 0 Å². The predicted octanol–water partition coefficient (Wildman–Crippen LogP) is 4.72. The minimum Gasteiger partial charge on any atom is -0.496 e. The first kappa shape index (κ1) is 19.3. The Kier molecular flexibility index (Phi) is 6.04. The average molecular weight is 368 g/mol. The molecule has 2 aromatic rings. The molecule has 0 amide bonds. The van der Waals surface area contributed by atoms with Crippen LogP contribution in [0, 0.1) is 12.8 Å². The molecule has 0 bridgehead atoms. The van der Waals surface area contributed by atoms with Gasteiger partial charge in [-0.2, -0.15) is 0 Å². The van der Waals surface area contributed by atoms with Crippen LogP contribution in [-0.2, 0) is 11.2 Å². The fourth-order valence-electron chi connectivity index (χ4n) is 4.00. The Hall–Kier alpha value is -2.49. The highest BCUT2D eigenvalue weighted by Gasteiger charge is 2.30. The number of rotatable bonds is 6. The van der Waals surface area contributed by atoms with Gasteiger partial charge in [-0.15, -0.1) is 0 Å². The van der Waals surface area contributed by atoms with Crippen LogP contribution in [0.15, 0.2) is 36.4 Å². The number of ether oxygens (including phenoxy) is 3. The summed E-state index contributed by atoms with van der Waals surface area (Å²) in [5, 5.41) is 0. The van der Waals surface area contributed by atoms with Crippen molar-refractivity contribution < 1.29 is 19.0 Å². The molecule has 3 rings (SSSR count). The first-order valence-electron chi connectivity index (χ1n) is 9.43. The summed E-state index contributed by atoms with van der Waals surface area (Å²) in [7, 11) is 4.98. The SMILES string of the molecule is COc1cc(C[C@H]2C[C@@H](c3ccc(OC)c(OC)c3)CCC2=O)ccc1C. The fourth-order valence-corrected chi connectivity index (χ4v) is 4.00. The molecule has 4 nitrogen and oxygen atoms in total. The number of ketones is 1. The standard InChI is InChI=1S/C23H28O4/c1-15-5-6-16(12-22(15)26-3)11-19-13-17(7-9-20(19)24)18-8-10-21(25-2)23(14-18)27-4/h5-6,8,10,12,14,17,19H,7,9,11,13H2,1-4H3/t17-,19-/m0/s1. The number of hydrogen-bond acceptors (Lipinski definition) is 4. The van der Waals surface area contributed by atoms with Gasteiger partial charge in [-0.05, 0) is 67.0 Å². The van der Waals surface area contributed by atoms with Gasteiger partial charge in [0.25, 0.3) is 0 Å². The number of Topliss-reactive ketones (excluding diaryl/α,β-unsaturated/α-hetero) is 1. The van der Waals surface area contributed by atoms with Gasteiger partial charge in [-0.3, -0.25) is 4.79 Å². The summed E-state index contributed by atoms with van der Waals surface area (Å²) in [4.78, 5) is 12.5. The minimum absolute atomic E-state index is 0.0456. The van der Waals surface area contributed by atoms with Crippen LogP contribution in [0.1, 0.15) is 41.9 Å². The van der Waals surface area contributed by atoms with Gasteiger partial charge in [0.15, 0.2) is 11.5 Å². The molecule has 0 heterocycles. The normalized spacial score (nSPS) is 19.6. The summed E-state index contributed by atoms with van der Waals surface area (Å²) in [5.41, 5.74) is 3.48. The predicted molar refractivity (Wildman–Crippen MR) is 106 cm³/mol. The number of benzene rings is 2. The van der Waals surface area contributed by atoms with Crippen molar-refractivity contribution in [3.8, 4) is 17.2 Å². The minimum atomic E-state index is 0.0456. The van der Waals surface area contributed by atoms with Crippen LogP contribution in [0.3, 0.4) is 0 Å². The van der Waals surface area contributed by atoms with E-state index in [0.29, 0.717) is 18.1 Å². The monoisotopic (exact) mass is 368 g/mol. The van der Waals surface area contributed by atoms with E-state index >= 15 is 0 Å². The van der Waals surface area contributed by atoms with Gasteiger partial charge in [0.1, 0.15) is 11.5 Å². The Bertz CT molecular complexity index is 812. The van der Waals surface area contributed by atoms with Gasteiger partial charge in [-0.1, -0.05) is 18.2 Å². The van der Waals surface area contributed by atoms with E-state index in [1.165, 1.54) is 5.56 Å². The van der Waals surface area contributed by atoms with E-state index in [4.69, 9.17) is 14.2 Å². The third-order valence-corrected chi connectivity index (χ3v) is 5.60. The largest absolute Gasteiger partial charge is 0.496 e. The Balaban J connectivity index is 1.77. The molecule has 0 saturated heterocycles. The first-order valence-corrected chi connectivity index (χ1v) is 9.43. The molecule has 0 unspecified atom stereocenters. The lowest BCUT2D eigenvalue weighted by Gasteiger charge is -2.29. The summed E-state index contributed by atoms with van der Waals surface area (Å²) in [5.74, 6) is 3.13. The average Bonchev–Trinajstić information content (AvgIpc) is 2.70. The Morgan fingerprint density at radius 2 is 1.67 bits per heavy atom. The highest BCUT2D eigenvalue weighted by molar-refractivity contribution is 5.82. The molecule has 1 aliphatic carbocycles. The second kappa shape index (κ2) is 8.47. The van der Waals surface area contributed by atoms with Crippen LogP contribution in [0.2, 0.25) is 0 Å². The molecule has 0 aliphatic heterocycles. The summed E-state index contributed by atoms with van der Waals surface area (Å²) in [6.07, 6.45) is 3.15.